The lowest BCUT2D eigenvalue weighted by atomic mass is 10.1. The predicted molar refractivity (Wildman–Crippen MR) is 119 cm³/mol. The molecule has 9 heteroatoms. The molecule has 0 amide bonds. The third kappa shape index (κ3) is 4.09. The van der Waals surface area contributed by atoms with Crippen molar-refractivity contribution in [3.8, 4) is 22.9 Å². The topological polar surface area (TPSA) is 102 Å². The van der Waals surface area contributed by atoms with Crippen LogP contribution in [0.3, 0.4) is 0 Å². The Hall–Kier alpha value is -2.39. The Bertz CT molecular complexity index is 1170. The highest BCUT2D eigenvalue weighted by Gasteiger charge is 2.21. The van der Waals surface area contributed by atoms with Crippen LogP contribution in [0.25, 0.3) is 21.6 Å². The van der Waals surface area contributed by atoms with Crippen LogP contribution in [-0.2, 0) is 17.6 Å². The summed E-state index contributed by atoms with van der Waals surface area (Å²) in [6.45, 7) is 1.71. The van der Waals surface area contributed by atoms with Crippen LogP contribution in [-0.4, -0.2) is 34.3 Å². The maximum Gasteiger partial charge on any atom is 0.341 e. The molecule has 1 aliphatic rings. The molecule has 2 aromatic heterocycles. The smallest absolute Gasteiger partial charge is 0.341 e. The van der Waals surface area contributed by atoms with Gasteiger partial charge in [0.15, 0.2) is 18.1 Å². The first-order valence-electron chi connectivity index (χ1n) is 9.83. The second-order valence-electron chi connectivity index (χ2n) is 7.06. The number of halogens is 1. The molecule has 0 spiro atoms. The van der Waals surface area contributed by atoms with Gasteiger partial charge in [-0.25, -0.2) is 9.78 Å². The first-order valence-corrected chi connectivity index (χ1v) is 11.4. The van der Waals surface area contributed by atoms with E-state index >= 15 is 0 Å². The van der Waals surface area contributed by atoms with Gasteiger partial charge in [0.1, 0.15) is 10.7 Å². The van der Waals surface area contributed by atoms with Crippen LogP contribution in [0.15, 0.2) is 21.4 Å². The summed E-state index contributed by atoms with van der Waals surface area (Å²) in [4.78, 5) is 33.5. The second-order valence-corrected chi connectivity index (χ2v) is 9.00. The first-order chi connectivity index (χ1) is 14.5. The van der Waals surface area contributed by atoms with E-state index < -0.39 is 12.6 Å². The number of nitrogens with one attached hydrogen (secondary N) is 1. The Kier molecular flexibility index (Phi) is 6.10. The average molecular weight is 493 g/mol. The molecule has 1 aromatic carbocycles. The van der Waals surface area contributed by atoms with E-state index in [9.17, 15) is 9.59 Å². The van der Waals surface area contributed by atoms with E-state index in [1.165, 1.54) is 11.3 Å². The predicted octanol–water partition coefficient (Wildman–Crippen LogP) is 4.55. The maximum absolute atomic E-state index is 12.9. The largest absolute Gasteiger partial charge is 0.490 e. The molecule has 0 atom stereocenters. The maximum atomic E-state index is 12.9. The molecule has 0 bridgehead atoms. The summed E-state index contributed by atoms with van der Waals surface area (Å²) in [5.74, 6) is 0.0415. The van der Waals surface area contributed by atoms with Gasteiger partial charge in [0.2, 0.25) is 0 Å². The fraction of sp³-hybridized carbons (Fsp3) is 0.381. The van der Waals surface area contributed by atoms with E-state index in [1.807, 2.05) is 6.92 Å². The number of benzene rings is 1. The molecule has 3 aromatic rings. The number of nitrogens with zero attached hydrogens (tertiary/aromatic N) is 1. The number of fused-ring (bicyclic) bond motifs is 3. The van der Waals surface area contributed by atoms with E-state index in [0.29, 0.717) is 39.4 Å². The molecule has 7 nitrogen and oxygen atoms in total. The number of ether oxygens (including phenoxy) is 2. The van der Waals surface area contributed by atoms with Crippen LogP contribution >= 0.6 is 27.3 Å². The molecular formula is C21H21BrN2O5S. The van der Waals surface area contributed by atoms with Crippen molar-refractivity contribution < 1.29 is 19.4 Å². The van der Waals surface area contributed by atoms with Gasteiger partial charge in [-0.1, -0.05) is 6.42 Å². The van der Waals surface area contributed by atoms with Crippen molar-refractivity contribution >= 4 is 43.5 Å². The Balaban J connectivity index is 1.79. The summed E-state index contributed by atoms with van der Waals surface area (Å²) in [7, 11) is 0. The average Bonchev–Trinajstić information content (AvgIpc) is 2.89. The number of aliphatic carboxylic acids is 1. The molecule has 4 rings (SSSR count). The van der Waals surface area contributed by atoms with Crippen LogP contribution in [0.4, 0.5) is 0 Å². The van der Waals surface area contributed by atoms with Gasteiger partial charge in [0.05, 0.1) is 16.5 Å². The van der Waals surface area contributed by atoms with Crippen molar-refractivity contribution in [3.05, 3.63) is 37.4 Å². The summed E-state index contributed by atoms with van der Waals surface area (Å²) in [5, 5.41) is 9.62. The van der Waals surface area contributed by atoms with E-state index in [2.05, 4.69) is 20.9 Å². The Morgan fingerprint density at radius 3 is 2.83 bits per heavy atom. The lowest BCUT2D eigenvalue weighted by Gasteiger charge is -2.14. The minimum atomic E-state index is -1.08. The lowest BCUT2D eigenvalue weighted by molar-refractivity contribution is -0.139. The molecule has 1 aliphatic carbocycles. The molecule has 2 N–H and O–H groups in total. The van der Waals surface area contributed by atoms with Crippen LogP contribution < -0.4 is 15.0 Å². The molecule has 0 radical (unpaired) electrons. The van der Waals surface area contributed by atoms with Crippen LogP contribution in [0.5, 0.6) is 11.5 Å². The molecule has 0 fully saturated rings. The Morgan fingerprint density at radius 1 is 1.27 bits per heavy atom. The van der Waals surface area contributed by atoms with Gasteiger partial charge >= 0.3 is 5.97 Å². The van der Waals surface area contributed by atoms with Gasteiger partial charge in [-0.3, -0.25) is 4.79 Å². The summed E-state index contributed by atoms with van der Waals surface area (Å²) in [5.41, 5.74) is 1.67. The number of carbonyl (C=O) groups is 1. The molecule has 30 heavy (non-hydrogen) atoms. The number of hydrogen-bond donors (Lipinski definition) is 2. The molecule has 2 heterocycles. The van der Waals surface area contributed by atoms with Crippen molar-refractivity contribution in [2.45, 2.75) is 39.0 Å². The molecular weight excluding hydrogens is 472 g/mol. The highest BCUT2D eigenvalue weighted by molar-refractivity contribution is 9.10. The van der Waals surface area contributed by atoms with E-state index in [0.717, 1.165) is 36.1 Å². The van der Waals surface area contributed by atoms with Gasteiger partial charge in [-0.05, 0) is 66.2 Å². The highest BCUT2D eigenvalue weighted by atomic mass is 79.9. The number of H-pyrrole nitrogens is 1. The van der Waals surface area contributed by atoms with Crippen LogP contribution in [0, 0.1) is 0 Å². The SMILES string of the molecule is CCOc1cc(-c2nc3sc4c(c3c(=O)[nH]2)CCCCC4)cc(Br)c1OCC(=O)O. The molecule has 0 saturated carbocycles. The van der Waals surface area contributed by atoms with Gasteiger partial charge in [0.25, 0.3) is 5.56 Å². The van der Waals surface area contributed by atoms with Crippen molar-refractivity contribution in [3.63, 3.8) is 0 Å². The molecule has 0 aliphatic heterocycles. The zero-order valence-electron chi connectivity index (χ0n) is 16.4. The van der Waals surface area contributed by atoms with Crippen molar-refractivity contribution in [1.82, 2.24) is 9.97 Å². The van der Waals surface area contributed by atoms with Crippen molar-refractivity contribution in [2.24, 2.45) is 0 Å². The monoisotopic (exact) mass is 492 g/mol. The number of rotatable bonds is 6. The van der Waals surface area contributed by atoms with Gasteiger partial charge in [-0.2, -0.15) is 0 Å². The highest BCUT2D eigenvalue weighted by Crippen LogP contribution is 2.40. The number of aromatic amines is 1. The zero-order valence-corrected chi connectivity index (χ0v) is 18.8. The number of aromatic nitrogens is 2. The standard InChI is InChI=1S/C21H21BrN2O5S/c1-2-28-14-9-11(8-13(22)18(14)29-10-16(25)26)19-23-20(27)17-12-6-4-3-5-7-15(12)30-21(17)24-19/h8-9H,2-7,10H2,1H3,(H,25,26)(H,23,24,27). The van der Waals surface area contributed by atoms with E-state index in [1.54, 1.807) is 23.5 Å². The van der Waals surface area contributed by atoms with Gasteiger partial charge in [0, 0.05) is 10.4 Å². The number of thiophene rings is 1. The van der Waals surface area contributed by atoms with Crippen molar-refractivity contribution in [1.29, 1.82) is 0 Å². The Labute approximate surface area is 185 Å². The van der Waals surface area contributed by atoms with Gasteiger partial charge < -0.3 is 19.6 Å². The summed E-state index contributed by atoms with van der Waals surface area (Å²) < 4.78 is 11.5. The number of hydrogen-bond acceptors (Lipinski definition) is 6. The number of aryl methyl sites for hydroxylation is 2. The normalized spacial score (nSPS) is 13.7. The summed E-state index contributed by atoms with van der Waals surface area (Å²) in [6, 6.07) is 3.44. The minimum absolute atomic E-state index is 0.130. The quantitative estimate of drug-likeness (QED) is 0.489. The third-order valence-corrected chi connectivity index (χ3v) is 6.77. The number of carboxylic acid groups (broad SMARTS) is 1. The third-order valence-electron chi connectivity index (χ3n) is 5.00. The van der Waals surface area contributed by atoms with Crippen LogP contribution in [0.1, 0.15) is 36.6 Å². The number of carboxylic acids is 1. The van der Waals surface area contributed by atoms with Gasteiger partial charge in [-0.15, -0.1) is 11.3 Å². The van der Waals surface area contributed by atoms with Crippen molar-refractivity contribution in [2.75, 3.05) is 13.2 Å². The Morgan fingerprint density at radius 2 is 2.07 bits per heavy atom. The van der Waals surface area contributed by atoms with E-state index in [4.69, 9.17) is 19.6 Å². The molecule has 0 unspecified atom stereocenters. The lowest BCUT2D eigenvalue weighted by Crippen LogP contribution is -2.12. The minimum Gasteiger partial charge on any atom is -0.490 e. The fourth-order valence-electron chi connectivity index (χ4n) is 3.72. The second kappa shape index (κ2) is 8.77. The summed E-state index contributed by atoms with van der Waals surface area (Å²) in [6.07, 6.45) is 5.36. The fourth-order valence-corrected chi connectivity index (χ4v) is 5.54. The first kappa shape index (κ1) is 20.9. The van der Waals surface area contributed by atoms with E-state index in [-0.39, 0.29) is 5.56 Å². The zero-order chi connectivity index (χ0) is 21.3. The molecule has 0 saturated heterocycles. The van der Waals surface area contributed by atoms with Crippen LogP contribution in [0.2, 0.25) is 0 Å². The summed E-state index contributed by atoms with van der Waals surface area (Å²) >= 11 is 5.03. The molecule has 158 valence electrons.